The van der Waals surface area contributed by atoms with Crippen LogP contribution >= 0.6 is 0 Å². The number of nitrogens with one attached hydrogen (secondary N) is 1. The molecule has 2 atom stereocenters. The highest BCUT2D eigenvalue weighted by Gasteiger charge is 2.19. The van der Waals surface area contributed by atoms with Crippen LogP contribution in [0.3, 0.4) is 0 Å². The highest BCUT2D eigenvalue weighted by Crippen LogP contribution is 2.21. The van der Waals surface area contributed by atoms with Crippen molar-refractivity contribution in [2.45, 2.75) is 18.6 Å². The van der Waals surface area contributed by atoms with Crippen LogP contribution in [0.2, 0.25) is 0 Å². The molecule has 0 amide bonds. The van der Waals surface area contributed by atoms with Gasteiger partial charge in [-0.1, -0.05) is 5.11 Å². The van der Waals surface area contributed by atoms with Gasteiger partial charge in [-0.25, -0.2) is 9.78 Å². The second-order valence-corrected chi connectivity index (χ2v) is 3.89. The standard InChI is InChI=1S/C10H11N5O4/c11-15-13-2-1-6(16)8(17)5-3-7-9(12-4-5)14-10(18)19-7/h3-4,6,8,16-17H,1-2H2,(H,12,14,18). The maximum absolute atomic E-state index is 11.0. The minimum atomic E-state index is -1.20. The summed E-state index contributed by atoms with van der Waals surface area (Å²) in [5, 5.41) is 22.9. The van der Waals surface area contributed by atoms with Crippen molar-refractivity contribution in [3.05, 3.63) is 38.8 Å². The Kier molecular flexibility index (Phi) is 3.81. The van der Waals surface area contributed by atoms with Crippen molar-refractivity contribution in [3.63, 3.8) is 0 Å². The number of H-pyrrole nitrogens is 1. The predicted octanol–water partition coefficient (Wildman–Crippen LogP) is 0.611. The Balaban J connectivity index is 2.17. The Bertz CT molecular complexity index is 672. The average molecular weight is 265 g/mol. The van der Waals surface area contributed by atoms with Gasteiger partial charge in [0.15, 0.2) is 11.2 Å². The monoisotopic (exact) mass is 265 g/mol. The summed E-state index contributed by atoms with van der Waals surface area (Å²) >= 11 is 0. The molecule has 2 rings (SSSR count). The molecule has 0 aliphatic rings. The van der Waals surface area contributed by atoms with Gasteiger partial charge < -0.3 is 14.6 Å². The molecule has 0 bridgehead atoms. The van der Waals surface area contributed by atoms with E-state index in [-0.39, 0.29) is 24.2 Å². The fourth-order valence-corrected chi connectivity index (χ4v) is 1.63. The molecule has 100 valence electrons. The third kappa shape index (κ3) is 2.91. The van der Waals surface area contributed by atoms with E-state index in [9.17, 15) is 15.0 Å². The first-order valence-electron chi connectivity index (χ1n) is 5.47. The third-order valence-corrected chi connectivity index (χ3v) is 2.59. The van der Waals surface area contributed by atoms with Crippen LogP contribution < -0.4 is 5.76 Å². The number of aliphatic hydroxyl groups is 2. The zero-order chi connectivity index (χ0) is 13.8. The van der Waals surface area contributed by atoms with E-state index in [2.05, 4.69) is 20.0 Å². The molecule has 0 aliphatic carbocycles. The molecule has 3 N–H and O–H groups in total. The molecular weight excluding hydrogens is 254 g/mol. The molecule has 0 aromatic carbocycles. The lowest BCUT2D eigenvalue weighted by atomic mass is 10.0. The summed E-state index contributed by atoms with van der Waals surface area (Å²) in [6, 6.07) is 1.42. The van der Waals surface area contributed by atoms with Gasteiger partial charge in [-0.3, -0.25) is 4.98 Å². The summed E-state index contributed by atoms with van der Waals surface area (Å²) in [7, 11) is 0. The molecule has 2 aromatic rings. The molecule has 0 spiro atoms. The first kappa shape index (κ1) is 13.1. The van der Waals surface area contributed by atoms with E-state index in [1.807, 2.05) is 0 Å². The van der Waals surface area contributed by atoms with Crippen LogP contribution in [0.4, 0.5) is 0 Å². The quantitative estimate of drug-likeness (QED) is 0.411. The van der Waals surface area contributed by atoms with Crippen LogP contribution in [0.15, 0.2) is 26.6 Å². The Morgan fingerprint density at radius 2 is 2.37 bits per heavy atom. The van der Waals surface area contributed by atoms with Gasteiger partial charge in [0.05, 0.1) is 6.10 Å². The number of hydrogen-bond donors (Lipinski definition) is 3. The highest BCUT2D eigenvalue weighted by atomic mass is 16.4. The Hall–Kier alpha value is -2.35. The van der Waals surface area contributed by atoms with Gasteiger partial charge in [0.2, 0.25) is 0 Å². The maximum Gasteiger partial charge on any atom is 0.418 e. The van der Waals surface area contributed by atoms with E-state index in [1.54, 1.807) is 0 Å². The second kappa shape index (κ2) is 5.53. The number of fused-ring (bicyclic) bond motifs is 1. The van der Waals surface area contributed by atoms with E-state index in [0.717, 1.165) is 0 Å². The fourth-order valence-electron chi connectivity index (χ4n) is 1.63. The summed E-state index contributed by atoms with van der Waals surface area (Å²) in [5.74, 6) is -0.641. The highest BCUT2D eigenvalue weighted by molar-refractivity contribution is 5.67. The summed E-state index contributed by atoms with van der Waals surface area (Å²) in [6.07, 6.45) is -0.864. The number of aromatic amines is 1. The Morgan fingerprint density at radius 3 is 3.11 bits per heavy atom. The number of nitrogens with zero attached hydrogens (tertiary/aromatic N) is 4. The predicted molar refractivity (Wildman–Crippen MR) is 64.2 cm³/mol. The maximum atomic E-state index is 11.0. The lowest BCUT2D eigenvalue weighted by Gasteiger charge is -2.16. The normalized spacial score (nSPS) is 14.0. The average Bonchev–Trinajstić information content (AvgIpc) is 2.77. The van der Waals surface area contributed by atoms with Crippen LogP contribution in [-0.2, 0) is 0 Å². The Labute approximate surface area is 106 Å². The molecule has 0 radical (unpaired) electrons. The van der Waals surface area contributed by atoms with Crippen molar-refractivity contribution in [1.82, 2.24) is 9.97 Å². The number of aromatic nitrogens is 2. The van der Waals surface area contributed by atoms with Crippen molar-refractivity contribution < 1.29 is 14.6 Å². The molecule has 0 fully saturated rings. The smallest absolute Gasteiger partial charge is 0.406 e. The number of aliphatic hydroxyl groups excluding tert-OH is 2. The second-order valence-electron chi connectivity index (χ2n) is 3.89. The van der Waals surface area contributed by atoms with Gasteiger partial charge in [0.1, 0.15) is 6.10 Å². The van der Waals surface area contributed by atoms with Gasteiger partial charge in [0.25, 0.3) is 0 Å². The van der Waals surface area contributed by atoms with E-state index in [0.29, 0.717) is 5.56 Å². The summed E-state index contributed by atoms with van der Waals surface area (Å²) < 4.78 is 4.80. The number of azide groups is 1. The van der Waals surface area contributed by atoms with E-state index in [1.165, 1.54) is 12.3 Å². The number of pyridine rings is 1. The number of oxazole rings is 1. The number of rotatable bonds is 5. The molecule has 2 aromatic heterocycles. The van der Waals surface area contributed by atoms with Gasteiger partial charge in [0, 0.05) is 23.2 Å². The fraction of sp³-hybridized carbons (Fsp3) is 0.400. The van der Waals surface area contributed by atoms with Crippen LogP contribution in [-0.4, -0.2) is 32.8 Å². The zero-order valence-corrected chi connectivity index (χ0v) is 9.72. The van der Waals surface area contributed by atoms with Crippen LogP contribution in [0, 0.1) is 0 Å². The van der Waals surface area contributed by atoms with Crippen molar-refractivity contribution in [2.24, 2.45) is 5.11 Å². The van der Waals surface area contributed by atoms with E-state index in [4.69, 9.17) is 9.95 Å². The molecule has 0 saturated carbocycles. The van der Waals surface area contributed by atoms with Gasteiger partial charge in [-0.05, 0) is 18.0 Å². The molecular formula is C10H11N5O4. The lowest BCUT2D eigenvalue weighted by Crippen LogP contribution is -2.19. The SMILES string of the molecule is [N-]=[N+]=NCCC(O)C(O)c1cnc2[nH]c(=O)oc2c1. The first-order chi connectivity index (χ1) is 9.11. The lowest BCUT2D eigenvalue weighted by molar-refractivity contribution is 0.0149. The van der Waals surface area contributed by atoms with Gasteiger partial charge in [-0.2, -0.15) is 0 Å². The zero-order valence-electron chi connectivity index (χ0n) is 9.72. The van der Waals surface area contributed by atoms with E-state index >= 15 is 0 Å². The van der Waals surface area contributed by atoms with Gasteiger partial charge in [-0.15, -0.1) is 0 Å². The Morgan fingerprint density at radius 1 is 1.58 bits per heavy atom. The topological polar surface area (TPSA) is 148 Å². The third-order valence-electron chi connectivity index (χ3n) is 2.59. The van der Waals surface area contributed by atoms with Crippen molar-refractivity contribution >= 4 is 11.2 Å². The largest absolute Gasteiger partial charge is 0.418 e. The molecule has 9 nitrogen and oxygen atoms in total. The molecule has 2 unspecified atom stereocenters. The van der Waals surface area contributed by atoms with Crippen LogP contribution in [0.25, 0.3) is 21.7 Å². The molecule has 2 heterocycles. The summed E-state index contributed by atoms with van der Waals surface area (Å²) in [6.45, 7) is 0.0731. The summed E-state index contributed by atoms with van der Waals surface area (Å²) in [4.78, 5) is 19.8. The van der Waals surface area contributed by atoms with Gasteiger partial charge >= 0.3 is 5.76 Å². The van der Waals surface area contributed by atoms with Crippen molar-refractivity contribution in [1.29, 1.82) is 0 Å². The molecule has 9 heteroatoms. The molecule has 0 saturated heterocycles. The first-order valence-corrected chi connectivity index (χ1v) is 5.47. The van der Waals surface area contributed by atoms with Crippen molar-refractivity contribution in [3.8, 4) is 0 Å². The molecule has 19 heavy (non-hydrogen) atoms. The van der Waals surface area contributed by atoms with Crippen LogP contribution in [0.1, 0.15) is 18.1 Å². The van der Waals surface area contributed by atoms with Crippen LogP contribution in [0.5, 0.6) is 0 Å². The summed E-state index contributed by atoms with van der Waals surface area (Å²) in [5.41, 5.74) is 8.89. The minimum Gasteiger partial charge on any atom is -0.406 e. The van der Waals surface area contributed by atoms with Crippen molar-refractivity contribution in [2.75, 3.05) is 6.54 Å². The van der Waals surface area contributed by atoms with E-state index < -0.39 is 18.0 Å². The molecule has 0 aliphatic heterocycles. The number of hydrogen-bond acceptors (Lipinski definition) is 6. The minimum absolute atomic E-state index is 0.0731.